The Balaban J connectivity index is -0.0000000472. The van der Waals surface area contributed by atoms with Crippen molar-refractivity contribution in [2.24, 2.45) is 0 Å². The molecule has 0 atom stereocenters. The second kappa shape index (κ2) is 51.9. The topological polar surface area (TPSA) is 241 Å². The van der Waals surface area contributed by atoms with E-state index in [2.05, 4.69) is 0 Å². The number of unbranched alkanes of at least 4 members (excludes halogenated alkanes) is 3. The number of carbonyl (C=O) groups excluding carboxylic acids is 6. The minimum atomic E-state index is -1.31. The number of Topliss-reactive ketones (excluding diaryl/α,β-unsaturated/α-hetero) is 3. The summed E-state index contributed by atoms with van der Waals surface area (Å²) in [5.74, 6) is -5.06. The van der Waals surface area contributed by atoms with Gasteiger partial charge in [0, 0.05) is 37.2 Å². The predicted molar refractivity (Wildman–Crippen MR) is 132 cm³/mol. The number of carboxylic acids is 3. The van der Waals surface area contributed by atoms with Crippen LogP contribution in [0.3, 0.4) is 0 Å². The van der Waals surface area contributed by atoms with E-state index in [4.69, 9.17) is 0 Å². The van der Waals surface area contributed by atoms with Gasteiger partial charge in [0.25, 0.3) is 0 Å². The van der Waals surface area contributed by atoms with Crippen LogP contribution in [-0.4, -0.2) is 89.8 Å². The Hall–Kier alpha value is -1.64. The predicted octanol–water partition coefficient (Wildman–Crippen LogP) is -4.18. The molecule has 12 nitrogen and oxygen atoms in total. The third kappa shape index (κ3) is 143. The fourth-order valence-electron chi connectivity index (χ4n) is 1.04. The number of hydrogen-bond acceptors (Lipinski definition) is 12. The van der Waals surface area contributed by atoms with Gasteiger partial charge in [0.15, 0.2) is 0 Å². The molecule has 216 valence electrons. The Morgan fingerprint density at radius 2 is 0.605 bits per heavy atom. The van der Waals surface area contributed by atoms with E-state index < -0.39 is 37.2 Å². The van der Waals surface area contributed by atoms with Crippen molar-refractivity contribution in [3.63, 3.8) is 0 Å². The summed E-state index contributed by atoms with van der Waals surface area (Å²) in [6, 6.07) is 0. The maximum absolute atomic E-state index is 9.83. The molecule has 0 N–H and O–H groups in total. The molecule has 0 unspecified atom stereocenters. The van der Waals surface area contributed by atoms with Crippen molar-refractivity contribution < 1.29 is 59.4 Å². The number of carboxylic acid groups (broad SMARTS) is 3. The SMILES string of the molecule is CC(=O)CC(=O)[O-].CC(=O)CC(=O)[O-].CC(=O)CC(=O)[O-].CCCC[O-].CCCC[O-].CCCC[O-].[Al+3].[Al+3]. The summed E-state index contributed by atoms with van der Waals surface area (Å²) in [5.41, 5.74) is 0. The number of aliphatic carboxylic acids is 3. The zero-order valence-corrected chi connectivity index (χ0v) is 25.8. The van der Waals surface area contributed by atoms with Gasteiger partial charge in [-0.25, -0.2) is 0 Å². The summed E-state index contributed by atoms with van der Waals surface area (Å²) in [6.07, 6.45) is 4.18. The third-order valence-electron chi connectivity index (χ3n) is 2.67. The molecule has 0 aromatic heterocycles. The summed E-state index contributed by atoms with van der Waals surface area (Å²) in [6.45, 7) is 9.93. The van der Waals surface area contributed by atoms with Gasteiger partial charge >= 0.3 is 34.7 Å². The summed E-state index contributed by atoms with van der Waals surface area (Å²) in [5, 5.41) is 57.0. The molecule has 0 heterocycles. The van der Waals surface area contributed by atoms with Gasteiger partial charge in [-0.05, 0) is 20.8 Å². The summed E-state index contributed by atoms with van der Waals surface area (Å²) in [7, 11) is 0. The van der Waals surface area contributed by atoms with Gasteiger partial charge in [0.2, 0.25) is 0 Å². The van der Waals surface area contributed by atoms with Crippen LogP contribution in [0.4, 0.5) is 0 Å². The van der Waals surface area contributed by atoms with Gasteiger partial charge < -0.3 is 45.0 Å². The molecule has 38 heavy (non-hydrogen) atoms. The molecule has 0 radical (unpaired) electrons. The van der Waals surface area contributed by atoms with Crippen molar-refractivity contribution in [1.82, 2.24) is 0 Å². The molecule has 0 aliphatic carbocycles. The van der Waals surface area contributed by atoms with Gasteiger partial charge in [-0.3, -0.25) is 14.4 Å². The van der Waals surface area contributed by atoms with Crippen LogP contribution < -0.4 is 30.6 Å². The van der Waals surface area contributed by atoms with Crippen molar-refractivity contribution in [2.45, 2.75) is 99.3 Å². The van der Waals surface area contributed by atoms with Crippen LogP contribution in [0.5, 0.6) is 0 Å². The van der Waals surface area contributed by atoms with Crippen molar-refractivity contribution in [1.29, 1.82) is 0 Å². The van der Waals surface area contributed by atoms with E-state index >= 15 is 0 Å². The maximum Gasteiger partial charge on any atom is 3.00 e. The van der Waals surface area contributed by atoms with Gasteiger partial charge in [-0.1, -0.05) is 59.3 Å². The first-order valence-corrected chi connectivity index (χ1v) is 11.4. The van der Waals surface area contributed by atoms with E-state index in [1.54, 1.807) is 0 Å². The maximum atomic E-state index is 9.83. The number of carbonyl (C=O) groups is 6. The molecule has 14 heteroatoms. The second-order valence-corrected chi connectivity index (χ2v) is 6.93. The molecule has 0 spiro atoms. The standard InChI is InChI=1S/3C4H6O3.3C4H9O.2Al/c3*1-3(5)2-4(6)7;3*1-2-3-4-5;;/h3*2H2,1H3,(H,6,7);3*2-4H2,1H3;;/q;;;3*-1;2*+3/p-3. The molecule has 0 saturated heterocycles. The summed E-state index contributed by atoms with van der Waals surface area (Å²) in [4.78, 5) is 57.9. The fourth-order valence-corrected chi connectivity index (χ4v) is 1.04. The van der Waals surface area contributed by atoms with Crippen molar-refractivity contribution in [3.05, 3.63) is 0 Å². The monoisotopic (exact) mass is 576 g/mol. The molecule has 0 aliphatic heterocycles. The van der Waals surface area contributed by atoms with E-state index in [-0.39, 0.29) is 71.9 Å². The Morgan fingerprint density at radius 3 is 0.605 bits per heavy atom. The number of rotatable bonds is 12. The van der Waals surface area contributed by atoms with E-state index in [1.807, 2.05) is 20.8 Å². The van der Waals surface area contributed by atoms with E-state index in [1.165, 1.54) is 20.8 Å². The number of ketones is 3. The summed E-state index contributed by atoms with van der Waals surface area (Å²) >= 11 is 0. The Morgan fingerprint density at radius 1 is 0.447 bits per heavy atom. The van der Waals surface area contributed by atoms with Gasteiger partial charge in [0.1, 0.15) is 17.3 Å². The molecule has 0 bridgehead atoms. The van der Waals surface area contributed by atoms with Crippen LogP contribution in [-0.2, 0) is 28.8 Å². The van der Waals surface area contributed by atoms with Crippen molar-refractivity contribution in [2.75, 3.05) is 19.8 Å². The first-order chi connectivity index (χ1) is 16.6. The van der Waals surface area contributed by atoms with Crippen LogP contribution in [0, 0.1) is 0 Å². The molecule has 0 aliphatic rings. The first-order valence-electron chi connectivity index (χ1n) is 11.4. The molecule has 0 saturated carbocycles. The molecule has 0 rings (SSSR count). The van der Waals surface area contributed by atoms with Crippen LogP contribution in [0.2, 0.25) is 0 Å². The van der Waals surface area contributed by atoms with E-state index in [0.717, 1.165) is 38.5 Å². The zero-order valence-electron chi connectivity index (χ0n) is 23.5. The second-order valence-electron chi connectivity index (χ2n) is 6.93. The Labute approximate surface area is 248 Å². The molecule has 0 aromatic carbocycles. The molecular weight excluding hydrogens is 534 g/mol. The zero-order chi connectivity index (χ0) is 29.9. The number of hydrogen-bond donors (Lipinski definition) is 0. The van der Waals surface area contributed by atoms with Crippen LogP contribution >= 0.6 is 0 Å². The van der Waals surface area contributed by atoms with Gasteiger partial charge in [-0.2, -0.15) is 0 Å². The van der Waals surface area contributed by atoms with E-state index in [9.17, 15) is 59.4 Å². The first kappa shape index (κ1) is 56.5. The molecule has 0 amide bonds. The molecule has 0 fully saturated rings. The third-order valence-corrected chi connectivity index (χ3v) is 2.67. The minimum Gasteiger partial charge on any atom is -0.854 e. The normalized spacial score (nSPS) is 7.82. The smallest absolute Gasteiger partial charge is 0.854 e. The minimum absolute atomic E-state index is 0. The van der Waals surface area contributed by atoms with Crippen LogP contribution in [0.15, 0.2) is 0 Å². The van der Waals surface area contributed by atoms with Crippen LogP contribution in [0.25, 0.3) is 0 Å². The largest absolute Gasteiger partial charge is 3.00 e. The Bertz CT molecular complexity index is 438. The van der Waals surface area contributed by atoms with Crippen molar-refractivity contribution in [3.8, 4) is 0 Å². The fraction of sp³-hybridized carbons (Fsp3) is 0.750. The Kier molecular flexibility index (Phi) is 77.2. The van der Waals surface area contributed by atoms with Crippen molar-refractivity contribution >= 4 is 70.0 Å². The molecular formula is C24H42Al2O12. The van der Waals surface area contributed by atoms with E-state index in [0.29, 0.717) is 0 Å². The van der Waals surface area contributed by atoms with Crippen LogP contribution in [0.1, 0.15) is 99.3 Å². The summed E-state index contributed by atoms with van der Waals surface area (Å²) < 4.78 is 0. The average molecular weight is 577 g/mol. The quantitative estimate of drug-likeness (QED) is 0.159. The van der Waals surface area contributed by atoms with Gasteiger partial charge in [-0.15, -0.1) is 19.8 Å². The average Bonchev–Trinajstić information content (AvgIpc) is 2.69. The van der Waals surface area contributed by atoms with Gasteiger partial charge in [0.05, 0.1) is 0 Å². The molecule has 0 aromatic rings.